The second-order valence-electron chi connectivity index (χ2n) is 7.42. The molecule has 3 aromatic rings. The highest BCUT2D eigenvalue weighted by Crippen LogP contribution is 2.43. The average molecular weight is 473 g/mol. The summed E-state index contributed by atoms with van der Waals surface area (Å²) in [6, 6.07) is 15.4. The summed E-state index contributed by atoms with van der Waals surface area (Å²) in [5.74, 6) is -0.0341. The Kier molecular flexibility index (Phi) is 4.94. The molecule has 1 N–H and O–H groups in total. The summed E-state index contributed by atoms with van der Waals surface area (Å²) < 4.78 is 6.81. The number of nitrogens with one attached hydrogen (secondary N) is 1. The smallest absolute Gasteiger partial charge is 0.273 e. The van der Waals surface area contributed by atoms with E-state index in [0.29, 0.717) is 17.3 Å². The highest BCUT2D eigenvalue weighted by atomic mass is 79.9. The zero-order valence-electron chi connectivity index (χ0n) is 15.6. The molecular weight excluding hydrogens is 454 g/mol. The minimum atomic E-state index is -0.219. The number of fused-ring (bicyclic) bond motifs is 1. The number of aromatic nitrogens is 2. The summed E-state index contributed by atoms with van der Waals surface area (Å²) in [4.78, 5) is 15.2. The Morgan fingerprint density at radius 2 is 2.07 bits per heavy atom. The number of rotatable bonds is 4. The minimum Gasteiger partial charge on any atom is -0.376 e. The second-order valence-corrected chi connectivity index (χ2v) is 8.77. The second kappa shape index (κ2) is 7.59. The van der Waals surface area contributed by atoms with Crippen LogP contribution in [0.3, 0.4) is 0 Å². The lowest BCUT2D eigenvalue weighted by Crippen LogP contribution is -2.36. The van der Waals surface area contributed by atoms with E-state index in [1.165, 1.54) is 0 Å². The quantitative estimate of drug-likeness (QED) is 0.566. The van der Waals surface area contributed by atoms with Crippen LogP contribution in [0.25, 0.3) is 11.3 Å². The van der Waals surface area contributed by atoms with Crippen LogP contribution in [0.1, 0.15) is 40.5 Å². The van der Waals surface area contributed by atoms with Crippen molar-refractivity contribution < 1.29 is 9.53 Å². The molecule has 3 heterocycles. The Morgan fingerprint density at radius 1 is 1.24 bits per heavy atom. The lowest BCUT2D eigenvalue weighted by molar-refractivity contribution is 0.0495. The van der Waals surface area contributed by atoms with Crippen molar-refractivity contribution in [2.45, 2.75) is 25.0 Å². The summed E-state index contributed by atoms with van der Waals surface area (Å²) in [5.41, 5.74) is 4.22. The van der Waals surface area contributed by atoms with Gasteiger partial charge in [0.25, 0.3) is 5.91 Å². The van der Waals surface area contributed by atoms with Crippen LogP contribution in [0.2, 0.25) is 5.02 Å². The molecule has 1 amide bonds. The molecule has 29 heavy (non-hydrogen) atoms. The van der Waals surface area contributed by atoms with Gasteiger partial charge in [-0.1, -0.05) is 51.8 Å². The number of hydrogen-bond acceptors (Lipinski definition) is 3. The molecule has 5 nitrogen and oxygen atoms in total. The predicted molar refractivity (Wildman–Crippen MR) is 115 cm³/mol. The standard InChI is InChI=1S/C22H19BrClN3O2/c23-15-4-1-3-14(11-15)21-18-19(13-6-8-16(24)9-7-13)25-26-20(18)22(28)27(21)12-17-5-2-10-29-17/h1,3-4,6-9,11,17,21H,2,5,10,12H2,(H,25,26). The molecule has 0 aliphatic carbocycles. The zero-order valence-corrected chi connectivity index (χ0v) is 17.9. The first-order chi connectivity index (χ1) is 14.1. The van der Waals surface area contributed by atoms with Crippen LogP contribution in [-0.2, 0) is 4.74 Å². The van der Waals surface area contributed by atoms with E-state index < -0.39 is 0 Å². The highest BCUT2D eigenvalue weighted by Gasteiger charge is 2.43. The van der Waals surface area contributed by atoms with Gasteiger partial charge in [0.1, 0.15) is 5.69 Å². The van der Waals surface area contributed by atoms with Crippen molar-refractivity contribution in [2.24, 2.45) is 0 Å². The maximum Gasteiger partial charge on any atom is 0.273 e. The predicted octanol–water partition coefficient (Wildman–Crippen LogP) is 5.22. The third kappa shape index (κ3) is 3.39. The molecule has 2 aromatic carbocycles. The van der Waals surface area contributed by atoms with Gasteiger partial charge in [-0.05, 0) is 42.7 Å². The summed E-state index contributed by atoms with van der Waals surface area (Å²) in [6.07, 6.45) is 2.09. The highest BCUT2D eigenvalue weighted by molar-refractivity contribution is 9.10. The topological polar surface area (TPSA) is 58.2 Å². The number of H-pyrrole nitrogens is 1. The van der Waals surface area contributed by atoms with Crippen molar-refractivity contribution in [1.29, 1.82) is 0 Å². The Labute approximate surface area is 182 Å². The van der Waals surface area contributed by atoms with Crippen LogP contribution in [0.4, 0.5) is 0 Å². The summed E-state index contributed by atoms with van der Waals surface area (Å²) in [5, 5.41) is 8.15. The van der Waals surface area contributed by atoms with Crippen molar-refractivity contribution in [2.75, 3.05) is 13.2 Å². The molecule has 1 saturated heterocycles. The molecule has 0 saturated carbocycles. The van der Waals surface area contributed by atoms with Gasteiger partial charge in [-0.3, -0.25) is 9.89 Å². The van der Waals surface area contributed by atoms with E-state index in [-0.39, 0.29) is 18.1 Å². The molecule has 2 aliphatic heterocycles. The van der Waals surface area contributed by atoms with E-state index in [4.69, 9.17) is 16.3 Å². The monoisotopic (exact) mass is 471 g/mol. The fourth-order valence-corrected chi connectivity index (χ4v) is 4.79. The molecule has 0 bridgehead atoms. The number of nitrogens with zero attached hydrogens (tertiary/aromatic N) is 2. The van der Waals surface area contributed by atoms with E-state index in [1.807, 2.05) is 41.3 Å². The molecule has 7 heteroatoms. The number of hydrogen-bond donors (Lipinski definition) is 1. The molecule has 2 atom stereocenters. The van der Waals surface area contributed by atoms with Crippen LogP contribution in [-0.4, -0.2) is 40.3 Å². The first-order valence-electron chi connectivity index (χ1n) is 9.64. The van der Waals surface area contributed by atoms with Gasteiger partial charge in [0, 0.05) is 33.8 Å². The van der Waals surface area contributed by atoms with Crippen molar-refractivity contribution in [1.82, 2.24) is 15.1 Å². The fourth-order valence-electron chi connectivity index (χ4n) is 4.24. The Hall–Kier alpha value is -2.15. The van der Waals surface area contributed by atoms with Crippen molar-refractivity contribution in [3.8, 4) is 11.3 Å². The van der Waals surface area contributed by atoms with Gasteiger partial charge >= 0.3 is 0 Å². The van der Waals surface area contributed by atoms with Gasteiger partial charge in [0.15, 0.2) is 0 Å². The number of carbonyl (C=O) groups is 1. The van der Waals surface area contributed by atoms with Gasteiger partial charge < -0.3 is 9.64 Å². The molecule has 1 fully saturated rings. The molecule has 0 radical (unpaired) electrons. The maximum absolute atomic E-state index is 13.3. The third-order valence-corrected chi connectivity index (χ3v) is 6.32. The van der Waals surface area contributed by atoms with Crippen molar-refractivity contribution in [3.63, 3.8) is 0 Å². The van der Waals surface area contributed by atoms with Crippen LogP contribution >= 0.6 is 27.5 Å². The first-order valence-corrected chi connectivity index (χ1v) is 10.8. The Bertz CT molecular complexity index is 1060. The van der Waals surface area contributed by atoms with E-state index >= 15 is 0 Å². The first kappa shape index (κ1) is 18.9. The molecule has 2 unspecified atom stereocenters. The van der Waals surface area contributed by atoms with Gasteiger partial charge in [-0.25, -0.2) is 0 Å². The van der Waals surface area contributed by atoms with E-state index in [9.17, 15) is 4.79 Å². The molecule has 0 spiro atoms. The SMILES string of the molecule is O=C1c2[nH]nc(-c3ccc(Cl)cc3)c2C(c2cccc(Br)c2)N1CC1CCCO1. The van der Waals surface area contributed by atoms with Crippen LogP contribution in [0.15, 0.2) is 53.0 Å². The lowest BCUT2D eigenvalue weighted by atomic mass is 9.96. The van der Waals surface area contributed by atoms with Crippen LogP contribution < -0.4 is 0 Å². The molecular formula is C22H19BrClN3O2. The van der Waals surface area contributed by atoms with Gasteiger partial charge in [-0.2, -0.15) is 5.10 Å². The van der Waals surface area contributed by atoms with Gasteiger partial charge in [0.2, 0.25) is 0 Å². The molecule has 2 aliphatic rings. The van der Waals surface area contributed by atoms with Gasteiger partial charge in [-0.15, -0.1) is 0 Å². The number of amides is 1. The number of aromatic amines is 1. The van der Waals surface area contributed by atoms with E-state index in [1.54, 1.807) is 0 Å². The summed E-state index contributed by atoms with van der Waals surface area (Å²) in [6.45, 7) is 1.33. The normalized spacial score (nSPS) is 21.0. The molecule has 1 aromatic heterocycles. The van der Waals surface area contributed by atoms with E-state index in [2.05, 4.69) is 38.3 Å². The molecule has 5 rings (SSSR count). The largest absolute Gasteiger partial charge is 0.376 e. The minimum absolute atomic E-state index is 0.0341. The van der Waals surface area contributed by atoms with Crippen LogP contribution in [0.5, 0.6) is 0 Å². The van der Waals surface area contributed by atoms with Crippen molar-refractivity contribution >= 4 is 33.4 Å². The van der Waals surface area contributed by atoms with Gasteiger partial charge in [0.05, 0.1) is 17.8 Å². The maximum atomic E-state index is 13.3. The third-order valence-electron chi connectivity index (χ3n) is 5.57. The molecule has 148 valence electrons. The summed E-state index contributed by atoms with van der Waals surface area (Å²) >= 11 is 9.63. The summed E-state index contributed by atoms with van der Waals surface area (Å²) in [7, 11) is 0. The zero-order chi connectivity index (χ0) is 20.0. The van der Waals surface area contributed by atoms with E-state index in [0.717, 1.165) is 46.3 Å². The Morgan fingerprint density at radius 3 is 2.79 bits per heavy atom. The number of benzene rings is 2. The fraction of sp³-hybridized carbons (Fsp3) is 0.273. The number of ether oxygens (including phenoxy) is 1. The van der Waals surface area contributed by atoms with Crippen molar-refractivity contribution in [3.05, 3.63) is 74.8 Å². The average Bonchev–Trinajstić information content (AvgIpc) is 3.43. The number of carbonyl (C=O) groups excluding carboxylic acids is 1. The van der Waals surface area contributed by atoms with Crippen LogP contribution in [0, 0.1) is 0 Å². The lowest BCUT2D eigenvalue weighted by Gasteiger charge is -2.28. The number of halogens is 2. The Balaban J connectivity index is 1.62.